The van der Waals surface area contributed by atoms with Crippen molar-refractivity contribution in [3.63, 3.8) is 0 Å². The van der Waals surface area contributed by atoms with Gasteiger partial charge in [-0.1, -0.05) is 50.6 Å². The van der Waals surface area contributed by atoms with E-state index in [1.54, 1.807) is 6.20 Å². The van der Waals surface area contributed by atoms with E-state index in [0.717, 1.165) is 18.4 Å². The maximum Gasteiger partial charge on any atom is 0.224 e. The second kappa shape index (κ2) is 8.92. The molecule has 0 saturated carbocycles. The summed E-state index contributed by atoms with van der Waals surface area (Å²) in [7, 11) is 0. The van der Waals surface area contributed by atoms with Crippen molar-refractivity contribution in [1.82, 2.24) is 4.98 Å². The second-order valence-electron chi connectivity index (χ2n) is 4.86. The van der Waals surface area contributed by atoms with Crippen molar-refractivity contribution >= 4 is 23.2 Å². The molecule has 1 heterocycles. The van der Waals surface area contributed by atoms with Gasteiger partial charge < -0.3 is 5.32 Å². The molecule has 0 aromatic carbocycles. The van der Waals surface area contributed by atoms with Gasteiger partial charge in [0.2, 0.25) is 5.91 Å². The van der Waals surface area contributed by atoms with Crippen LogP contribution < -0.4 is 5.32 Å². The summed E-state index contributed by atoms with van der Waals surface area (Å²) in [5, 5.41) is 3.20. The third-order valence-corrected chi connectivity index (χ3v) is 3.42. The third kappa shape index (κ3) is 6.06. The summed E-state index contributed by atoms with van der Waals surface area (Å²) in [6, 6.07) is 1.84. The van der Waals surface area contributed by atoms with E-state index in [1.807, 2.05) is 13.0 Å². The van der Waals surface area contributed by atoms with Crippen molar-refractivity contribution in [2.24, 2.45) is 0 Å². The molecular weight excluding hydrogens is 260 g/mol. The number of pyridine rings is 1. The smallest absolute Gasteiger partial charge is 0.224 e. The number of anilines is 1. The van der Waals surface area contributed by atoms with E-state index in [-0.39, 0.29) is 5.91 Å². The van der Waals surface area contributed by atoms with Crippen LogP contribution in [0.2, 0.25) is 5.15 Å². The molecule has 1 amide bonds. The lowest BCUT2D eigenvalue weighted by Crippen LogP contribution is -2.12. The molecule has 3 nitrogen and oxygen atoms in total. The van der Waals surface area contributed by atoms with Gasteiger partial charge in [-0.3, -0.25) is 4.79 Å². The predicted molar refractivity (Wildman–Crippen MR) is 80.6 cm³/mol. The molecule has 106 valence electrons. The Morgan fingerprint density at radius 3 is 2.63 bits per heavy atom. The van der Waals surface area contributed by atoms with Crippen LogP contribution >= 0.6 is 11.6 Å². The van der Waals surface area contributed by atoms with E-state index in [1.165, 1.54) is 25.7 Å². The summed E-state index contributed by atoms with van der Waals surface area (Å²) in [5.41, 5.74) is 1.58. The zero-order valence-electron chi connectivity index (χ0n) is 11.8. The molecule has 0 unspecified atom stereocenters. The average Bonchev–Trinajstić information content (AvgIpc) is 2.38. The standard InChI is InChI=1S/C15H23ClN2O/c1-3-4-5-6-7-8-9-13(19)18-14-12(2)10-11-17-15(14)16/h10-11H,3-9H2,1-2H3,(H,18,19). The number of unbranched alkanes of at least 4 members (excludes halogenated alkanes) is 5. The van der Waals surface area contributed by atoms with Crippen LogP contribution in [0, 0.1) is 6.92 Å². The van der Waals surface area contributed by atoms with Gasteiger partial charge in [-0.25, -0.2) is 4.98 Å². The second-order valence-corrected chi connectivity index (χ2v) is 5.22. The maximum atomic E-state index is 11.8. The normalized spacial score (nSPS) is 10.5. The van der Waals surface area contributed by atoms with E-state index in [0.29, 0.717) is 17.3 Å². The largest absolute Gasteiger partial charge is 0.323 e. The molecule has 1 N–H and O–H groups in total. The summed E-state index contributed by atoms with van der Waals surface area (Å²) < 4.78 is 0. The third-order valence-electron chi connectivity index (χ3n) is 3.13. The fourth-order valence-corrected chi connectivity index (χ4v) is 2.20. The van der Waals surface area contributed by atoms with Crippen molar-refractivity contribution in [2.75, 3.05) is 5.32 Å². The Bertz CT molecular complexity index is 387. The number of rotatable bonds is 8. The Kier molecular flexibility index (Phi) is 7.49. The molecule has 0 aliphatic heterocycles. The minimum absolute atomic E-state index is 0.0218. The minimum atomic E-state index is 0.0218. The first-order valence-electron chi connectivity index (χ1n) is 7.06. The Morgan fingerprint density at radius 2 is 1.95 bits per heavy atom. The van der Waals surface area contributed by atoms with Gasteiger partial charge in [0.1, 0.15) is 0 Å². The van der Waals surface area contributed by atoms with Crippen molar-refractivity contribution in [3.05, 3.63) is 23.0 Å². The Labute approximate surface area is 120 Å². The van der Waals surface area contributed by atoms with E-state index in [4.69, 9.17) is 11.6 Å². The van der Waals surface area contributed by atoms with Crippen molar-refractivity contribution in [2.45, 2.75) is 58.8 Å². The van der Waals surface area contributed by atoms with Gasteiger partial charge in [0.25, 0.3) is 0 Å². The van der Waals surface area contributed by atoms with Gasteiger partial charge in [-0.2, -0.15) is 0 Å². The first-order chi connectivity index (χ1) is 9.15. The van der Waals surface area contributed by atoms with E-state index in [9.17, 15) is 4.79 Å². The van der Waals surface area contributed by atoms with Crippen LogP contribution in [-0.4, -0.2) is 10.9 Å². The molecule has 0 bridgehead atoms. The van der Waals surface area contributed by atoms with Crippen LogP contribution in [0.3, 0.4) is 0 Å². The molecule has 4 heteroatoms. The predicted octanol–water partition coefficient (Wildman–Crippen LogP) is 4.73. The summed E-state index contributed by atoms with van der Waals surface area (Å²) in [4.78, 5) is 15.8. The summed E-state index contributed by atoms with van der Waals surface area (Å²) in [6.07, 6.45) is 9.27. The number of halogens is 1. The lowest BCUT2D eigenvalue weighted by Gasteiger charge is -2.09. The summed E-state index contributed by atoms with van der Waals surface area (Å²) >= 11 is 5.97. The highest BCUT2D eigenvalue weighted by molar-refractivity contribution is 6.32. The monoisotopic (exact) mass is 282 g/mol. The van der Waals surface area contributed by atoms with Crippen LogP contribution in [0.15, 0.2) is 12.3 Å². The molecule has 1 rings (SSSR count). The number of carbonyl (C=O) groups excluding carboxylic acids is 1. The molecule has 1 aromatic heterocycles. The average molecular weight is 283 g/mol. The number of nitrogens with zero attached hydrogens (tertiary/aromatic N) is 1. The Hall–Kier alpha value is -1.09. The Morgan fingerprint density at radius 1 is 1.26 bits per heavy atom. The lowest BCUT2D eigenvalue weighted by atomic mass is 10.1. The maximum absolute atomic E-state index is 11.8. The number of amides is 1. The zero-order chi connectivity index (χ0) is 14.1. The van der Waals surface area contributed by atoms with Gasteiger partial charge in [0, 0.05) is 12.6 Å². The number of carbonyl (C=O) groups is 1. The molecule has 0 radical (unpaired) electrons. The number of nitrogens with one attached hydrogen (secondary N) is 1. The van der Waals surface area contributed by atoms with E-state index < -0.39 is 0 Å². The summed E-state index contributed by atoms with van der Waals surface area (Å²) in [5.74, 6) is 0.0218. The van der Waals surface area contributed by atoms with Crippen LogP contribution in [0.5, 0.6) is 0 Å². The minimum Gasteiger partial charge on any atom is -0.323 e. The number of hydrogen-bond acceptors (Lipinski definition) is 2. The number of aryl methyl sites for hydroxylation is 1. The zero-order valence-corrected chi connectivity index (χ0v) is 12.6. The molecule has 0 fully saturated rings. The molecular formula is C15H23ClN2O. The first-order valence-corrected chi connectivity index (χ1v) is 7.44. The van der Waals surface area contributed by atoms with Gasteiger partial charge in [0.05, 0.1) is 5.69 Å². The molecule has 1 aromatic rings. The quantitative estimate of drug-likeness (QED) is 0.553. The van der Waals surface area contributed by atoms with Crippen LogP contribution in [0.25, 0.3) is 0 Å². The van der Waals surface area contributed by atoms with Crippen LogP contribution in [0.1, 0.15) is 57.4 Å². The molecule has 0 atom stereocenters. The van der Waals surface area contributed by atoms with Gasteiger partial charge in [0.15, 0.2) is 5.15 Å². The molecule has 0 spiro atoms. The lowest BCUT2D eigenvalue weighted by molar-refractivity contribution is -0.116. The Balaban J connectivity index is 2.28. The molecule has 0 aliphatic rings. The fourth-order valence-electron chi connectivity index (χ4n) is 1.94. The highest BCUT2D eigenvalue weighted by Gasteiger charge is 2.08. The SMILES string of the molecule is CCCCCCCCC(=O)Nc1c(C)ccnc1Cl. The van der Waals surface area contributed by atoms with Gasteiger partial charge in [-0.15, -0.1) is 0 Å². The molecule has 0 saturated heterocycles. The van der Waals surface area contributed by atoms with Gasteiger partial charge in [-0.05, 0) is 25.0 Å². The molecule has 19 heavy (non-hydrogen) atoms. The number of hydrogen-bond donors (Lipinski definition) is 1. The van der Waals surface area contributed by atoms with Crippen molar-refractivity contribution in [3.8, 4) is 0 Å². The highest BCUT2D eigenvalue weighted by atomic mass is 35.5. The summed E-state index contributed by atoms with van der Waals surface area (Å²) in [6.45, 7) is 4.11. The van der Waals surface area contributed by atoms with Crippen LogP contribution in [0.4, 0.5) is 5.69 Å². The highest BCUT2D eigenvalue weighted by Crippen LogP contribution is 2.23. The van der Waals surface area contributed by atoms with E-state index >= 15 is 0 Å². The molecule has 0 aliphatic carbocycles. The van der Waals surface area contributed by atoms with Crippen molar-refractivity contribution in [1.29, 1.82) is 0 Å². The van der Waals surface area contributed by atoms with Crippen LogP contribution in [-0.2, 0) is 4.79 Å². The fraction of sp³-hybridized carbons (Fsp3) is 0.600. The first kappa shape index (κ1) is 16.0. The topological polar surface area (TPSA) is 42.0 Å². The number of aromatic nitrogens is 1. The van der Waals surface area contributed by atoms with Crippen molar-refractivity contribution < 1.29 is 4.79 Å². The van der Waals surface area contributed by atoms with E-state index in [2.05, 4.69) is 17.2 Å². The van der Waals surface area contributed by atoms with Gasteiger partial charge >= 0.3 is 0 Å².